The molecular weight excluding hydrogens is 408 g/mol. The number of aliphatic hydroxyl groups is 1. The monoisotopic (exact) mass is 452 g/mol. The Morgan fingerprint density at radius 2 is 1.03 bits per heavy atom. The summed E-state index contributed by atoms with van der Waals surface area (Å²) >= 11 is 0. The van der Waals surface area contributed by atoms with E-state index in [4.69, 9.17) is 38.3 Å². The highest BCUT2D eigenvalue weighted by Gasteiger charge is 2.16. The van der Waals surface area contributed by atoms with Crippen LogP contribution in [0.2, 0.25) is 0 Å². The van der Waals surface area contributed by atoms with Crippen molar-refractivity contribution in [3.63, 3.8) is 0 Å². The summed E-state index contributed by atoms with van der Waals surface area (Å²) in [6, 6.07) is 0. The van der Waals surface area contributed by atoms with Gasteiger partial charge in [0.05, 0.1) is 91.8 Å². The summed E-state index contributed by atoms with van der Waals surface area (Å²) in [5, 5.41) is 8.54. The van der Waals surface area contributed by atoms with Crippen molar-refractivity contribution in [3.8, 4) is 0 Å². The number of esters is 1. The minimum atomic E-state index is -0.117. The summed E-state index contributed by atoms with van der Waals surface area (Å²) in [6.45, 7) is 10.1. The van der Waals surface area contributed by atoms with E-state index < -0.39 is 0 Å². The van der Waals surface area contributed by atoms with Crippen LogP contribution in [0.5, 0.6) is 0 Å². The molecule has 9 nitrogen and oxygen atoms in total. The second-order valence-electron chi connectivity index (χ2n) is 6.81. The van der Waals surface area contributed by atoms with E-state index in [2.05, 4.69) is 6.92 Å². The number of rotatable bonds is 25. The fourth-order valence-corrected chi connectivity index (χ4v) is 2.52. The van der Waals surface area contributed by atoms with Gasteiger partial charge in [0.15, 0.2) is 0 Å². The minimum absolute atomic E-state index is 0.00457. The highest BCUT2D eigenvalue weighted by atomic mass is 16.6. The van der Waals surface area contributed by atoms with Crippen LogP contribution in [-0.2, 0) is 38.0 Å². The van der Waals surface area contributed by atoms with Gasteiger partial charge >= 0.3 is 5.97 Å². The maximum atomic E-state index is 11.9. The molecule has 0 aromatic carbocycles. The van der Waals surface area contributed by atoms with Gasteiger partial charge < -0.3 is 38.3 Å². The molecule has 0 bridgehead atoms. The Balaban J connectivity index is 3.21. The van der Waals surface area contributed by atoms with Gasteiger partial charge in [-0.3, -0.25) is 4.79 Å². The van der Waals surface area contributed by atoms with Crippen molar-refractivity contribution in [1.29, 1.82) is 0 Å². The summed E-state index contributed by atoms with van der Waals surface area (Å²) < 4.78 is 37.2. The average Bonchev–Trinajstić information content (AvgIpc) is 2.78. The second kappa shape index (κ2) is 25.5. The molecule has 0 aromatic rings. The number of carbonyl (C=O) groups is 1. The highest BCUT2D eigenvalue weighted by molar-refractivity contribution is 5.72. The van der Waals surface area contributed by atoms with Gasteiger partial charge in [0.1, 0.15) is 6.61 Å². The van der Waals surface area contributed by atoms with Gasteiger partial charge in [-0.1, -0.05) is 26.7 Å². The van der Waals surface area contributed by atoms with Crippen molar-refractivity contribution in [3.05, 3.63) is 0 Å². The van der Waals surface area contributed by atoms with Crippen LogP contribution in [0, 0.1) is 5.92 Å². The van der Waals surface area contributed by atoms with E-state index in [1.807, 2.05) is 6.92 Å². The Kier molecular flexibility index (Phi) is 24.8. The quantitative estimate of drug-likeness (QED) is 0.164. The molecule has 0 saturated heterocycles. The Hall–Kier alpha value is -0.810. The Morgan fingerprint density at radius 3 is 1.39 bits per heavy atom. The lowest BCUT2D eigenvalue weighted by atomic mass is 10.00. The lowest BCUT2D eigenvalue weighted by molar-refractivity contribution is -0.150. The van der Waals surface area contributed by atoms with Crippen molar-refractivity contribution in [2.75, 3.05) is 92.5 Å². The first-order chi connectivity index (χ1) is 15.3. The SMILES string of the molecule is CCCCC(CC)C(=O)OCCOCCOCCOCCOCCOCCOCCO. The van der Waals surface area contributed by atoms with Crippen LogP contribution in [0.1, 0.15) is 39.5 Å². The normalized spacial score (nSPS) is 12.2. The largest absolute Gasteiger partial charge is 0.463 e. The molecule has 0 aliphatic heterocycles. The van der Waals surface area contributed by atoms with Crippen LogP contribution in [0.3, 0.4) is 0 Å². The summed E-state index contributed by atoms with van der Waals surface area (Å²) in [7, 11) is 0. The van der Waals surface area contributed by atoms with E-state index in [-0.39, 0.29) is 25.1 Å². The predicted molar refractivity (Wildman–Crippen MR) is 116 cm³/mol. The molecule has 1 atom stereocenters. The minimum Gasteiger partial charge on any atom is -0.463 e. The van der Waals surface area contributed by atoms with Gasteiger partial charge in [0, 0.05) is 0 Å². The van der Waals surface area contributed by atoms with Crippen molar-refractivity contribution < 1.29 is 43.1 Å². The molecule has 0 rings (SSSR count). The fraction of sp³-hybridized carbons (Fsp3) is 0.955. The van der Waals surface area contributed by atoms with Crippen LogP contribution >= 0.6 is 0 Å². The number of unbranched alkanes of at least 4 members (excludes halogenated alkanes) is 1. The smallest absolute Gasteiger partial charge is 0.308 e. The van der Waals surface area contributed by atoms with Gasteiger partial charge in [-0.15, -0.1) is 0 Å². The third kappa shape index (κ3) is 22.2. The third-order valence-electron chi connectivity index (χ3n) is 4.30. The standard InChI is InChI=1S/C22H44O9/c1-3-5-6-21(4-2)22(24)31-20-19-30-18-17-29-16-15-28-14-13-27-12-11-26-10-9-25-8-7-23/h21,23H,3-20H2,1-2H3. The molecule has 0 fully saturated rings. The van der Waals surface area contributed by atoms with E-state index in [1.54, 1.807) is 0 Å². The van der Waals surface area contributed by atoms with E-state index in [9.17, 15) is 4.79 Å². The van der Waals surface area contributed by atoms with Crippen LogP contribution in [0.15, 0.2) is 0 Å². The number of hydrogen-bond acceptors (Lipinski definition) is 9. The number of carbonyl (C=O) groups excluding carboxylic acids is 1. The van der Waals surface area contributed by atoms with Crippen molar-refractivity contribution in [2.45, 2.75) is 39.5 Å². The molecule has 0 aromatic heterocycles. The summed E-state index contributed by atoms with van der Waals surface area (Å²) in [4.78, 5) is 11.9. The molecule has 0 heterocycles. The first kappa shape index (κ1) is 30.2. The lowest BCUT2D eigenvalue weighted by Gasteiger charge is -2.13. The summed E-state index contributed by atoms with van der Waals surface area (Å²) in [5.41, 5.74) is 0. The molecule has 0 aliphatic rings. The molecule has 1 N–H and O–H groups in total. The molecule has 31 heavy (non-hydrogen) atoms. The lowest BCUT2D eigenvalue weighted by Crippen LogP contribution is -2.20. The summed E-state index contributed by atoms with van der Waals surface area (Å²) in [6.07, 6.45) is 3.85. The van der Waals surface area contributed by atoms with E-state index in [0.717, 1.165) is 25.7 Å². The van der Waals surface area contributed by atoms with Gasteiger partial charge in [-0.05, 0) is 12.8 Å². The topological polar surface area (TPSA) is 102 Å². The zero-order valence-electron chi connectivity index (χ0n) is 19.5. The molecule has 0 amide bonds. The van der Waals surface area contributed by atoms with Crippen LogP contribution in [0.4, 0.5) is 0 Å². The van der Waals surface area contributed by atoms with E-state index >= 15 is 0 Å². The fourth-order valence-electron chi connectivity index (χ4n) is 2.52. The van der Waals surface area contributed by atoms with E-state index in [0.29, 0.717) is 79.3 Å². The van der Waals surface area contributed by atoms with Crippen molar-refractivity contribution in [1.82, 2.24) is 0 Å². The van der Waals surface area contributed by atoms with Gasteiger partial charge in [0.25, 0.3) is 0 Å². The first-order valence-corrected chi connectivity index (χ1v) is 11.5. The molecule has 0 spiro atoms. The maximum absolute atomic E-state index is 11.9. The number of ether oxygens (including phenoxy) is 7. The predicted octanol–water partition coefficient (Wildman–Crippen LogP) is 1.84. The summed E-state index contributed by atoms with van der Waals surface area (Å²) in [5.74, 6) is -0.113. The highest BCUT2D eigenvalue weighted by Crippen LogP contribution is 2.14. The zero-order chi connectivity index (χ0) is 22.8. The van der Waals surface area contributed by atoms with Gasteiger partial charge in [0.2, 0.25) is 0 Å². The van der Waals surface area contributed by atoms with Gasteiger partial charge in [-0.25, -0.2) is 0 Å². The number of aliphatic hydroxyl groups excluding tert-OH is 1. The number of hydrogen-bond donors (Lipinski definition) is 1. The Morgan fingerprint density at radius 1 is 0.645 bits per heavy atom. The Bertz CT molecular complexity index is 369. The molecule has 0 aliphatic carbocycles. The first-order valence-electron chi connectivity index (χ1n) is 11.5. The van der Waals surface area contributed by atoms with E-state index in [1.165, 1.54) is 0 Å². The van der Waals surface area contributed by atoms with Gasteiger partial charge in [-0.2, -0.15) is 0 Å². The molecule has 9 heteroatoms. The third-order valence-corrected chi connectivity index (χ3v) is 4.30. The molecule has 1 unspecified atom stereocenters. The van der Waals surface area contributed by atoms with Crippen LogP contribution in [0.25, 0.3) is 0 Å². The van der Waals surface area contributed by atoms with Crippen molar-refractivity contribution in [2.24, 2.45) is 5.92 Å². The second-order valence-corrected chi connectivity index (χ2v) is 6.81. The Labute approximate surface area is 187 Å². The molecular formula is C22H44O9. The molecule has 0 saturated carbocycles. The zero-order valence-corrected chi connectivity index (χ0v) is 19.5. The molecule has 186 valence electrons. The van der Waals surface area contributed by atoms with Crippen molar-refractivity contribution >= 4 is 5.97 Å². The average molecular weight is 453 g/mol. The van der Waals surface area contributed by atoms with Crippen LogP contribution < -0.4 is 0 Å². The maximum Gasteiger partial charge on any atom is 0.308 e. The molecule has 0 radical (unpaired) electrons. The van der Waals surface area contributed by atoms with Crippen LogP contribution in [-0.4, -0.2) is 104 Å².